The number of hydrogen-bond acceptors (Lipinski definition) is 4. The molecule has 1 saturated heterocycles. The van der Waals surface area contributed by atoms with E-state index in [1.54, 1.807) is 23.9 Å². The first-order chi connectivity index (χ1) is 13.8. The van der Waals surface area contributed by atoms with Crippen molar-refractivity contribution in [3.8, 4) is 0 Å². The average Bonchev–Trinajstić information content (AvgIpc) is 3.06. The molecular formula is C23H27N3O2S. The normalized spacial score (nSPS) is 17.5. The van der Waals surface area contributed by atoms with Gasteiger partial charge in [0.2, 0.25) is 5.91 Å². The number of nitrogens with zero attached hydrogens (tertiary/aromatic N) is 2. The Labute approximate surface area is 176 Å². The number of hydrogen-bond donors (Lipinski definition) is 1. The second-order valence-corrected chi connectivity index (χ2v) is 9.25. The summed E-state index contributed by atoms with van der Waals surface area (Å²) in [4.78, 5) is 26.7. The maximum atomic E-state index is 12.4. The van der Waals surface area contributed by atoms with Crippen LogP contribution in [-0.4, -0.2) is 28.2 Å². The molecule has 29 heavy (non-hydrogen) atoms. The lowest BCUT2D eigenvalue weighted by Gasteiger charge is -2.24. The summed E-state index contributed by atoms with van der Waals surface area (Å²) >= 11 is 1.62. The third-order valence-corrected chi connectivity index (χ3v) is 6.29. The van der Waals surface area contributed by atoms with Crippen LogP contribution in [0.25, 0.3) is 0 Å². The molecule has 0 spiro atoms. The number of hydrazone groups is 1. The number of amides is 2. The van der Waals surface area contributed by atoms with Gasteiger partial charge in [-0.05, 0) is 30.2 Å². The highest BCUT2D eigenvalue weighted by molar-refractivity contribution is 8.00. The zero-order valence-corrected chi connectivity index (χ0v) is 18.1. The van der Waals surface area contributed by atoms with E-state index in [0.717, 1.165) is 16.8 Å². The molecule has 0 unspecified atom stereocenters. The van der Waals surface area contributed by atoms with Crippen LogP contribution < -0.4 is 5.43 Å². The Hall–Kier alpha value is -2.60. The smallest absolute Gasteiger partial charge is 0.271 e. The molecule has 0 saturated carbocycles. The number of benzene rings is 2. The number of thioether (sulfide) groups is 1. The molecule has 2 aromatic rings. The molecule has 2 amide bonds. The number of carbonyl (C=O) groups is 2. The lowest BCUT2D eigenvalue weighted by Crippen LogP contribution is -2.27. The van der Waals surface area contributed by atoms with Gasteiger partial charge in [0.25, 0.3) is 5.91 Å². The molecule has 0 aliphatic carbocycles. The van der Waals surface area contributed by atoms with E-state index < -0.39 is 0 Å². The molecule has 1 fully saturated rings. The van der Waals surface area contributed by atoms with Gasteiger partial charge in [-0.3, -0.25) is 9.59 Å². The highest BCUT2D eigenvalue weighted by Gasteiger charge is 2.32. The zero-order valence-electron chi connectivity index (χ0n) is 17.3. The monoisotopic (exact) mass is 409 g/mol. The summed E-state index contributed by atoms with van der Waals surface area (Å²) in [5.74, 6) is 0.370. The Morgan fingerprint density at radius 3 is 2.41 bits per heavy atom. The average molecular weight is 410 g/mol. The third kappa shape index (κ3) is 5.26. The Balaban J connectivity index is 1.70. The quantitative estimate of drug-likeness (QED) is 0.579. The third-order valence-electron chi connectivity index (χ3n) is 5.03. The van der Waals surface area contributed by atoms with Crippen molar-refractivity contribution in [1.82, 2.24) is 10.3 Å². The highest BCUT2D eigenvalue weighted by Crippen LogP contribution is 2.39. The number of nitrogens with one attached hydrogen (secondary N) is 1. The van der Waals surface area contributed by atoms with E-state index in [1.807, 2.05) is 54.3 Å². The van der Waals surface area contributed by atoms with Crippen molar-refractivity contribution in [2.45, 2.75) is 39.6 Å². The van der Waals surface area contributed by atoms with Gasteiger partial charge in [-0.15, -0.1) is 11.8 Å². The largest absolute Gasteiger partial charge is 0.322 e. The minimum Gasteiger partial charge on any atom is -0.322 e. The SMILES string of the molecule is C/C(=N/NC(=O)c1ccc([C@H]2SCC(=O)N2Cc2ccccc2)cc1)C(C)(C)C. The van der Waals surface area contributed by atoms with E-state index >= 15 is 0 Å². The predicted molar refractivity (Wildman–Crippen MR) is 119 cm³/mol. The van der Waals surface area contributed by atoms with Gasteiger partial charge in [-0.25, -0.2) is 5.43 Å². The van der Waals surface area contributed by atoms with Crippen molar-refractivity contribution >= 4 is 29.3 Å². The fourth-order valence-corrected chi connectivity index (χ4v) is 4.04. The molecular weight excluding hydrogens is 382 g/mol. The Kier molecular flexibility index (Phi) is 6.42. The lowest BCUT2D eigenvalue weighted by molar-refractivity contribution is -0.128. The maximum absolute atomic E-state index is 12.4. The molecule has 1 aliphatic heterocycles. The second kappa shape index (κ2) is 8.82. The van der Waals surface area contributed by atoms with E-state index in [9.17, 15) is 9.59 Å². The van der Waals surface area contributed by atoms with E-state index in [2.05, 4.69) is 31.3 Å². The van der Waals surface area contributed by atoms with Crippen LogP contribution in [0.4, 0.5) is 0 Å². The standard InChI is InChI=1S/C23H27N3O2S/c1-16(23(2,3)4)24-25-21(28)18-10-12-19(13-11-18)22-26(20(27)15-29-22)14-17-8-6-5-7-9-17/h5-13,22H,14-15H2,1-4H3,(H,25,28)/b24-16-/t22-/m1/s1. The zero-order chi connectivity index (χ0) is 21.0. The molecule has 0 aromatic heterocycles. The van der Waals surface area contributed by atoms with Crippen LogP contribution in [0.2, 0.25) is 0 Å². The van der Waals surface area contributed by atoms with Gasteiger partial charge in [-0.2, -0.15) is 5.10 Å². The molecule has 1 atom stereocenters. The minimum atomic E-state index is -0.239. The van der Waals surface area contributed by atoms with Crippen LogP contribution >= 0.6 is 11.8 Å². The van der Waals surface area contributed by atoms with Crippen LogP contribution in [0, 0.1) is 5.41 Å². The van der Waals surface area contributed by atoms with Crippen molar-refractivity contribution < 1.29 is 9.59 Å². The summed E-state index contributed by atoms with van der Waals surface area (Å²) in [5.41, 5.74) is 6.06. The molecule has 1 N–H and O–H groups in total. The van der Waals surface area contributed by atoms with Crippen LogP contribution in [-0.2, 0) is 11.3 Å². The molecule has 1 heterocycles. The van der Waals surface area contributed by atoms with Crippen molar-refractivity contribution in [2.75, 3.05) is 5.75 Å². The summed E-state index contributed by atoms with van der Waals surface area (Å²) < 4.78 is 0. The van der Waals surface area contributed by atoms with Gasteiger partial charge in [0.15, 0.2) is 0 Å². The molecule has 0 bridgehead atoms. The van der Waals surface area contributed by atoms with Crippen molar-refractivity contribution in [3.63, 3.8) is 0 Å². The topological polar surface area (TPSA) is 61.8 Å². The van der Waals surface area contributed by atoms with Crippen LogP contribution in [0.5, 0.6) is 0 Å². The van der Waals surface area contributed by atoms with E-state index in [1.165, 1.54) is 0 Å². The summed E-state index contributed by atoms with van der Waals surface area (Å²) in [6.07, 6.45) is 0. The predicted octanol–water partition coefficient (Wildman–Crippen LogP) is 4.61. The van der Waals surface area contributed by atoms with Crippen LogP contribution in [0.15, 0.2) is 59.7 Å². The highest BCUT2D eigenvalue weighted by atomic mass is 32.2. The van der Waals surface area contributed by atoms with Crippen molar-refractivity contribution in [3.05, 3.63) is 71.3 Å². The first kappa shape index (κ1) is 21.1. The Bertz CT molecular complexity index is 902. The Morgan fingerprint density at radius 1 is 1.14 bits per heavy atom. The van der Waals surface area contributed by atoms with Gasteiger partial charge < -0.3 is 4.90 Å². The summed E-state index contributed by atoms with van der Waals surface area (Å²) in [6, 6.07) is 17.4. The van der Waals surface area contributed by atoms with Gasteiger partial charge in [-0.1, -0.05) is 63.2 Å². The van der Waals surface area contributed by atoms with Gasteiger partial charge >= 0.3 is 0 Å². The number of rotatable bonds is 5. The molecule has 5 nitrogen and oxygen atoms in total. The molecule has 0 radical (unpaired) electrons. The lowest BCUT2D eigenvalue weighted by atomic mass is 9.91. The van der Waals surface area contributed by atoms with Gasteiger partial charge in [0.1, 0.15) is 5.37 Å². The van der Waals surface area contributed by atoms with E-state index in [-0.39, 0.29) is 22.6 Å². The van der Waals surface area contributed by atoms with Gasteiger partial charge in [0, 0.05) is 23.2 Å². The van der Waals surface area contributed by atoms with Crippen LogP contribution in [0.1, 0.15) is 54.6 Å². The second-order valence-electron chi connectivity index (χ2n) is 8.18. The van der Waals surface area contributed by atoms with E-state index in [0.29, 0.717) is 17.9 Å². The molecule has 3 rings (SSSR count). The summed E-state index contributed by atoms with van der Waals surface area (Å²) in [5, 5.41) is 4.16. The molecule has 6 heteroatoms. The maximum Gasteiger partial charge on any atom is 0.271 e. The van der Waals surface area contributed by atoms with Crippen LogP contribution in [0.3, 0.4) is 0 Å². The van der Waals surface area contributed by atoms with Crippen molar-refractivity contribution in [1.29, 1.82) is 0 Å². The minimum absolute atomic E-state index is 0.0408. The van der Waals surface area contributed by atoms with Gasteiger partial charge in [0.05, 0.1) is 5.75 Å². The summed E-state index contributed by atoms with van der Waals surface area (Å²) in [6.45, 7) is 8.64. The first-order valence-corrected chi connectivity index (χ1v) is 10.7. The fraction of sp³-hybridized carbons (Fsp3) is 0.348. The summed E-state index contributed by atoms with van der Waals surface area (Å²) in [7, 11) is 0. The van der Waals surface area contributed by atoms with Crippen molar-refractivity contribution in [2.24, 2.45) is 10.5 Å². The number of carbonyl (C=O) groups excluding carboxylic acids is 2. The fourth-order valence-electron chi connectivity index (χ4n) is 2.85. The Morgan fingerprint density at radius 2 is 1.79 bits per heavy atom. The first-order valence-electron chi connectivity index (χ1n) is 9.66. The molecule has 1 aliphatic rings. The molecule has 2 aromatic carbocycles. The molecule has 152 valence electrons. The van der Waals surface area contributed by atoms with E-state index in [4.69, 9.17) is 0 Å².